The summed E-state index contributed by atoms with van der Waals surface area (Å²) in [6.07, 6.45) is 0.170. The van der Waals surface area contributed by atoms with Crippen LogP contribution in [0.2, 0.25) is 0 Å². The molecule has 0 saturated heterocycles. The van der Waals surface area contributed by atoms with Gasteiger partial charge in [-0.3, -0.25) is 4.79 Å². The van der Waals surface area contributed by atoms with Crippen LogP contribution in [0.25, 0.3) is 0 Å². The highest BCUT2D eigenvalue weighted by Crippen LogP contribution is 2.27. The Morgan fingerprint density at radius 3 is 2.41 bits per heavy atom. The first-order valence-corrected chi connectivity index (χ1v) is 5.06. The molecule has 0 aliphatic heterocycles. The summed E-state index contributed by atoms with van der Waals surface area (Å²) in [5.74, 6) is 0.866. The molecule has 0 bridgehead atoms. The molecule has 0 N–H and O–H groups in total. The van der Waals surface area contributed by atoms with Crippen LogP contribution in [0, 0.1) is 0 Å². The van der Waals surface area contributed by atoms with E-state index in [1.807, 2.05) is 0 Å². The third kappa shape index (κ3) is 3.96. The number of ether oxygens (including phenoxy) is 4. The fraction of sp³-hybridized carbons (Fsp3) is 0.417. The summed E-state index contributed by atoms with van der Waals surface area (Å²) >= 11 is 0. The zero-order valence-corrected chi connectivity index (χ0v) is 10.2. The summed E-state index contributed by atoms with van der Waals surface area (Å²) < 4.78 is 19.7. The van der Waals surface area contributed by atoms with Gasteiger partial charge in [0.25, 0.3) is 0 Å². The molecule has 0 fully saturated rings. The molecule has 0 atom stereocenters. The summed E-state index contributed by atoms with van der Waals surface area (Å²) in [5, 5.41) is 0. The van der Waals surface area contributed by atoms with E-state index in [2.05, 4.69) is 4.74 Å². The second kappa shape index (κ2) is 6.75. The Morgan fingerprint density at radius 2 is 1.82 bits per heavy atom. The summed E-state index contributed by atoms with van der Waals surface area (Å²) in [6, 6.07) is 5.28. The van der Waals surface area contributed by atoms with Crippen molar-refractivity contribution < 1.29 is 23.7 Å². The van der Waals surface area contributed by atoms with Crippen LogP contribution in [-0.4, -0.2) is 34.1 Å². The third-order valence-corrected chi connectivity index (χ3v) is 2.13. The highest BCUT2D eigenvalue weighted by atomic mass is 16.7. The van der Waals surface area contributed by atoms with E-state index in [1.165, 1.54) is 7.11 Å². The Morgan fingerprint density at radius 1 is 1.12 bits per heavy atom. The van der Waals surface area contributed by atoms with E-state index in [0.717, 1.165) is 5.56 Å². The number of benzene rings is 1. The molecule has 0 aliphatic carbocycles. The molecular weight excluding hydrogens is 224 g/mol. The quantitative estimate of drug-likeness (QED) is 0.555. The minimum Gasteiger partial charge on any atom is -0.493 e. The summed E-state index contributed by atoms with van der Waals surface area (Å²) in [5.41, 5.74) is 0.795. The summed E-state index contributed by atoms with van der Waals surface area (Å²) in [6.45, 7) is -0.0356. The van der Waals surface area contributed by atoms with E-state index in [1.54, 1.807) is 32.4 Å². The second-order valence-corrected chi connectivity index (χ2v) is 3.29. The molecule has 17 heavy (non-hydrogen) atoms. The Bertz CT molecular complexity index is 375. The summed E-state index contributed by atoms with van der Waals surface area (Å²) in [4.78, 5) is 11.4. The van der Waals surface area contributed by atoms with Crippen LogP contribution in [0.5, 0.6) is 11.5 Å². The van der Waals surface area contributed by atoms with Gasteiger partial charge in [-0.15, -0.1) is 0 Å². The molecule has 5 nitrogen and oxygen atoms in total. The molecule has 0 saturated carbocycles. The molecule has 0 unspecified atom stereocenters. The van der Waals surface area contributed by atoms with Crippen LogP contribution >= 0.6 is 0 Å². The van der Waals surface area contributed by atoms with Gasteiger partial charge in [-0.05, 0) is 17.7 Å². The molecule has 0 radical (unpaired) electrons. The van der Waals surface area contributed by atoms with Crippen molar-refractivity contribution in [3.63, 3.8) is 0 Å². The largest absolute Gasteiger partial charge is 0.493 e. The highest BCUT2D eigenvalue weighted by molar-refractivity contribution is 5.72. The number of methoxy groups -OCH3 is 3. The lowest BCUT2D eigenvalue weighted by molar-refractivity contribution is -0.153. The molecule has 0 aliphatic rings. The van der Waals surface area contributed by atoms with Crippen molar-refractivity contribution in [2.45, 2.75) is 6.42 Å². The number of carbonyl (C=O) groups is 1. The van der Waals surface area contributed by atoms with E-state index < -0.39 is 0 Å². The van der Waals surface area contributed by atoms with Gasteiger partial charge in [-0.2, -0.15) is 0 Å². The summed E-state index contributed by atoms with van der Waals surface area (Å²) in [7, 11) is 4.57. The monoisotopic (exact) mass is 240 g/mol. The van der Waals surface area contributed by atoms with Crippen molar-refractivity contribution in [1.82, 2.24) is 0 Å². The molecule has 0 spiro atoms. The molecule has 1 rings (SSSR count). The van der Waals surface area contributed by atoms with Gasteiger partial charge in [0.05, 0.1) is 20.6 Å². The fourth-order valence-electron chi connectivity index (χ4n) is 1.33. The van der Waals surface area contributed by atoms with Gasteiger partial charge >= 0.3 is 5.97 Å². The Hall–Kier alpha value is -1.75. The third-order valence-electron chi connectivity index (χ3n) is 2.13. The number of rotatable bonds is 6. The van der Waals surface area contributed by atoms with Crippen molar-refractivity contribution in [3.05, 3.63) is 23.8 Å². The van der Waals surface area contributed by atoms with Crippen molar-refractivity contribution in [1.29, 1.82) is 0 Å². The fourth-order valence-corrected chi connectivity index (χ4v) is 1.33. The van der Waals surface area contributed by atoms with Gasteiger partial charge in [-0.1, -0.05) is 6.07 Å². The van der Waals surface area contributed by atoms with E-state index in [-0.39, 0.29) is 19.2 Å². The van der Waals surface area contributed by atoms with Crippen LogP contribution in [0.15, 0.2) is 18.2 Å². The van der Waals surface area contributed by atoms with Gasteiger partial charge < -0.3 is 18.9 Å². The Labute approximate surface area is 100 Å². The smallest absolute Gasteiger partial charge is 0.312 e. The second-order valence-electron chi connectivity index (χ2n) is 3.29. The average Bonchev–Trinajstić information content (AvgIpc) is 2.36. The predicted molar refractivity (Wildman–Crippen MR) is 61.2 cm³/mol. The van der Waals surface area contributed by atoms with E-state index >= 15 is 0 Å². The van der Waals surface area contributed by atoms with Crippen LogP contribution in [-0.2, 0) is 20.7 Å². The highest BCUT2D eigenvalue weighted by Gasteiger charge is 2.08. The minimum absolute atomic E-state index is 0.0356. The molecule has 5 heteroatoms. The van der Waals surface area contributed by atoms with Gasteiger partial charge in [0.15, 0.2) is 18.3 Å². The molecule has 1 aromatic carbocycles. The maximum Gasteiger partial charge on any atom is 0.312 e. The lowest BCUT2D eigenvalue weighted by atomic mass is 10.1. The lowest BCUT2D eigenvalue weighted by Gasteiger charge is -2.09. The number of hydrogen-bond donors (Lipinski definition) is 0. The Balaban J connectivity index is 2.68. The van der Waals surface area contributed by atoms with E-state index in [4.69, 9.17) is 14.2 Å². The van der Waals surface area contributed by atoms with E-state index in [0.29, 0.717) is 11.5 Å². The first-order valence-electron chi connectivity index (χ1n) is 5.06. The van der Waals surface area contributed by atoms with E-state index in [9.17, 15) is 4.79 Å². The molecular formula is C12H16O5. The number of hydrogen-bond acceptors (Lipinski definition) is 5. The number of carbonyl (C=O) groups excluding carboxylic acids is 1. The van der Waals surface area contributed by atoms with Crippen LogP contribution in [0.3, 0.4) is 0 Å². The van der Waals surface area contributed by atoms with Crippen LogP contribution in [0.4, 0.5) is 0 Å². The van der Waals surface area contributed by atoms with Crippen molar-refractivity contribution >= 4 is 5.97 Å². The van der Waals surface area contributed by atoms with Crippen molar-refractivity contribution in [2.24, 2.45) is 0 Å². The molecule has 0 aromatic heterocycles. The van der Waals surface area contributed by atoms with Gasteiger partial charge in [0.2, 0.25) is 0 Å². The maximum absolute atomic E-state index is 11.4. The molecule has 0 amide bonds. The SMILES string of the molecule is COCOC(=O)Cc1ccc(OC)c(OC)c1. The van der Waals surface area contributed by atoms with Crippen molar-refractivity contribution in [3.8, 4) is 11.5 Å². The lowest BCUT2D eigenvalue weighted by Crippen LogP contribution is -2.10. The Kier molecular flexibility index (Phi) is 5.29. The van der Waals surface area contributed by atoms with Crippen LogP contribution in [0.1, 0.15) is 5.56 Å². The minimum atomic E-state index is -0.348. The standard InChI is InChI=1S/C12H16O5/c1-14-8-17-12(13)7-9-4-5-10(15-2)11(6-9)16-3/h4-6H,7-8H2,1-3H3. The predicted octanol–water partition coefficient (Wildman–Crippen LogP) is 1.39. The maximum atomic E-state index is 11.4. The van der Waals surface area contributed by atoms with Gasteiger partial charge in [-0.25, -0.2) is 0 Å². The van der Waals surface area contributed by atoms with Gasteiger partial charge in [0, 0.05) is 7.11 Å². The normalized spacial score (nSPS) is 9.82. The zero-order chi connectivity index (χ0) is 12.7. The number of esters is 1. The molecule has 0 heterocycles. The average molecular weight is 240 g/mol. The van der Waals surface area contributed by atoms with Crippen molar-refractivity contribution in [2.75, 3.05) is 28.1 Å². The zero-order valence-electron chi connectivity index (χ0n) is 10.2. The van der Waals surface area contributed by atoms with Gasteiger partial charge in [0.1, 0.15) is 0 Å². The first-order chi connectivity index (χ1) is 8.21. The first kappa shape index (κ1) is 13.3. The topological polar surface area (TPSA) is 54.0 Å². The molecule has 94 valence electrons. The van der Waals surface area contributed by atoms with Crippen LogP contribution < -0.4 is 9.47 Å². The molecule has 1 aromatic rings.